The van der Waals surface area contributed by atoms with Crippen molar-refractivity contribution in [3.8, 4) is 5.75 Å². The molecule has 5 heteroatoms. The van der Waals surface area contributed by atoms with Crippen molar-refractivity contribution in [1.82, 2.24) is 0 Å². The molecule has 0 atom stereocenters. The summed E-state index contributed by atoms with van der Waals surface area (Å²) in [6, 6.07) is 12.0. The third kappa shape index (κ3) is 3.66. The van der Waals surface area contributed by atoms with Gasteiger partial charge in [0.1, 0.15) is 0 Å². The zero-order valence-electron chi connectivity index (χ0n) is 11.9. The second-order valence-corrected chi connectivity index (χ2v) is 5.01. The summed E-state index contributed by atoms with van der Waals surface area (Å²) >= 11 is 0. The molecule has 2 aromatic carbocycles. The van der Waals surface area contributed by atoms with Gasteiger partial charge in [-0.05, 0) is 41.3 Å². The molecule has 0 aromatic heterocycles. The SMILES string of the molecule is CC(C)c1ccc(N=Cc2ccc(O)c([N+](=O)[O-])c2)cc1. The summed E-state index contributed by atoms with van der Waals surface area (Å²) < 4.78 is 0. The van der Waals surface area contributed by atoms with Crippen LogP contribution in [0.3, 0.4) is 0 Å². The summed E-state index contributed by atoms with van der Waals surface area (Å²) in [4.78, 5) is 14.4. The molecule has 0 unspecified atom stereocenters. The van der Waals surface area contributed by atoms with Crippen molar-refractivity contribution in [2.45, 2.75) is 19.8 Å². The van der Waals surface area contributed by atoms with Gasteiger partial charge in [0.05, 0.1) is 10.6 Å². The Balaban J connectivity index is 2.21. The highest BCUT2D eigenvalue weighted by atomic mass is 16.6. The van der Waals surface area contributed by atoms with Crippen molar-refractivity contribution < 1.29 is 10.0 Å². The van der Waals surface area contributed by atoms with Gasteiger partial charge in [-0.15, -0.1) is 0 Å². The lowest BCUT2D eigenvalue weighted by Crippen LogP contribution is -1.90. The first kappa shape index (κ1) is 14.7. The molecule has 21 heavy (non-hydrogen) atoms. The highest BCUT2D eigenvalue weighted by molar-refractivity contribution is 5.83. The van der Waals surface area contributed by atoms with Crippen LogP contribution < -0.4 is 0 Å². The fourth-order valence-corrected chi connectivity index (χ4v) is 1.86. The number of nitro benzene ring substituents is 1. The van der Waals surface area contributed by atoms with Crippen molar-refractivity contribution >= 4 is 17.6 Å². The third-order valence-corrected chi connectivity index (χ3v) is 3.12. The monoisotopic (exact) mass is 284 g/mol. The van der Waals surface area contributed by atoms with Gasteiger partial charge in [0, 0.05) is 12.3 Å². The average Bonchev–Trinajstić information content (AvgIpc) is 2.46. The van der Waals surface area contributed by atoms with Crippen molar-refractivity contribution in [1.29, 1.82) is 0 Å². The molecule has 0 heterocycles. The smallest absolute Gasteiger partial charge is 0.311 e. The molecule has 0 aliphatic carbocycles. The number of hydrogen-bond donors (Lipinski definition) is 1. The van der Waals surface area contributed by atoms with Crippen LogP contribution in [0.15, 0.2) is 47.5 Å². The molecule has 2 rings (SSSR count). The normalized spacial score (nSPS) is 11.2. The van der Waals surface area contributed by atoms with Crippen molar-refractivity contribution in [2.24, 2.45) is 4.99 Å². The van der Waals surface area contributed by atoms with Crippen LogP contribution in [0.25, 0.3) is 0 Å². The molecule has 2 aromatic rings. The number of phenols is 1. The number of nitro groups is 1. The van der Waals surface area contributed by atoms with E-state index in [9.17, 15) is 15.2 Å². The molecule has 1 N–H and O–H groups in total. The highest BCUT2D eigenvalue weighted by Gasteiger charge is 2.12. The minimum absolute atomic E-state index is 0.325. The largest absolute Gasteiger partial charge is 0.502 e. The van der Waals surface area contributed by atoms with Crippen LogP contribution in [0.5, 0.6) is 5.75 Å². The van der Waals surface area contributed by atoms with Crippen LogP contribution >= 0.6 is 0 Å². The van der Waals surface area contributed by atoms with Gasteiger partial charge in [0.2, 0.25) is 0 Å². The van der Waals surface area contributed by atoms with Gasteiger partial charge < -0.3 is 5.11 Å². The molecule has 108 valence electrons. The average molecular weight is 284 g/mol. The fraction of sp³-hybridized carbons (Fsp3) is 0.188. The Morgan fingerprint density at radius 3 is 2.43 bits per heavy atom. The Hall–Kier alpha value is -2.69. The van der Waals surface area contributed by atoms with Gasteiger partial charge in [0.25, 0.3) is 0 Å². The number of aromatic hydroxyl groups is 1. The lowest BCUT2D eigenvalue weighted by atomic mass is 10.0. The van der Waals surface area contributed by atoms with E-state index in [1.54, 1.807) is 6.07 Å². The molecule has 0 spiro atoms. The molecule has 0 fully saturated rings. The van der Waals surface area contributed by atoms with E-state index in [4.69, 9.17) is 0 Å². The van der Waals surface area contributed by atoms with Gasteiger partial charge in [0.15, 0.2) is 5.75 Å². The van der Waals surface area contributed by atoms with Crippen molar-refractivity contribution in [2.75, 3.05) is 0 Å². The summed E-state index contributed by atoms with van der Waals surface area (Å²) in [5.41, 5.74) is 2.24. The fourth-order valence-electron chi connectivity index (χ4n) is 1.86. The second kappa shape index (κ2) is 6.17. The molecular formula is C16H16N2O3. The molecule has 0 bridgehead atoms. The lowest BCUT2D eigenvalue weighted by Gasteiger charge is -2.04. The van der Waals surface area contributed by atoms with Crippen LogP contribution in [0, 0.1) is 10.1 Å². The second-order valence-electron chi connectivity index (χ2n) is 5.01. The van der Waals surface area contributed by atoms with Gasteiger partial charge >= 0.3 is 5.69 Å². The molecule has 0 saturated carbocycles. The zero-order chi connectivity index (χ0) is 15.4. The van der Waals surface area contributed by atoms with Crippen LogP contribution in [0.4, 0.5) is 11.4 Å². The van der Waals surface area contributed by atoms with Crippen molar-refractivity contribution in [3.63, 3.8) is 0 Å². The number of rotatable bonds is 4. The predicted molar refractivity (Wildman–Crippen MR) is 82.5 cm³/mol. The molecule has 0 radical (unpaired) electrons. The van der Waals surface area contributed by atoms with Gasteiger partial charge in [-0.2, -0.15) is 0 Å². The van der Waals surface area contributed by atoms with Crippen LogP contribution in [-0.2, 0) is 0 Å². The number of phenolic OH excluding ortho intramolecular Hbond substituents is 1. The molecule has 0 aliphatic heterocycles. The molecule has 0 saturated heterocycles. The first-order chi connectivity index (χ1) is 9.97. The Morgan fingerprint density at radius 2 is 1.86 bits per heavy atom. The summed E-state index contributed by atoms with van der Waals surface area (Å²) in [6.45, 7) is 4.24. The topological polar surface area (TPSA) is 75.7 Å². The summed E-state index contributed by atoms with van der Waals surface area (Å²) in [6.07, 6.45) is 1.54. The molecule has 0 aliphatic rings. The minimum Gasteiger partial charge on any atom is -0.502 e. The highest BCUT2D eigenvalue weighted by Crippen LogP contribution is 2.26. The lowest BCUT2D eigenvalue weighted by molar-refractivity contribution is -0.385. The van der Waals surface area contributed by atoms with E-state index in [1.807, 2.05) is 24.3 Å². The van der Waals surface area contributed by atoms with Gasteiger partial charge in [-0.1, -0.05) is 26.0 Å². The van der Waals surface area contributed by atoms with Gasteiger partial charge in [-0.3, -0.25) is 15.1 Å². The van der Waals surface area contributed by atoms with Crippen LogP contribution in [0.1, 0.15) is 30.9 Å². The van der Waals surface area contributed by atoms with E-state index in [0.717, 1.165) is 5.69 Å². The first-order valence-corrected chi connectivity index (χ1v) is 6.59. The molecule has 5 nitrogen and oxygen atoms in total. The number of nitrogens with zero attached hydrogens (tertiary/aromatic N) is 2. The minimum atomic E-state index is -0.621. The summed E-state index contributed by atoms with van der Waals surface area (Å²) in [5, 5.41) is 20.1. The van der Waals surface area contributed by atoms with Crippen LogP contribution in [-0.4, -0.2) is 16.2 Å². The summed E-state index contributed by atoms with van der Waals surface area (Å²) in [5.74, 6) is 0.112. The summed E-state index contributed by atoms with van der Waals surface area (Å²) in [7, 11) is 0. The Labute approximate surface area is 122 Å². The van der Waals surface area contributed by atoms with Crippen molar-refractivity contribution in [3.05, 3.63) is 63.7 Å². The van der Waals surface area contributed by atoms with Gasteiger partial charge in [-0.25, -0.2) is 0 Å². The maximum absolute atomic E-state index is 10.8. The third-order valence-electron chi connectivity index (χ3n) is 3.12. The Bertz CT molecular complexity index is 676. The van der Waals surface area contributed by atoms with E-state index in [2.05, 4.69) is 18.8 Å². The number of benzene rings is 2. The number of aliphatic imine (C=N–C) groups is 1. The zero-order valence-corrected chi connectivity index (χ0v) is 11.9. The van der Waals surface area contributed by atoms with E-state index in [0.29, 0.717) is 11.5 Å². The van der Waals surface area contributed by atoms with E-state index >= 15 is 0 Å². The number of hydrogen-bond acceptors (Lipinski definition) is 4. The predicted octanol–water partition coefficient (Wildman–Crippen LogP) is 4.17. The Morgan fingerprint density at radius 1 is 1.19 bits per heavy atom. The maximum atomic E-state index is 10.8. The van der Waals surface area contributed by atoms with E-state index in [1.165, 1.54) is 23.9 Å². The molecular weight excluding hydrogens is 268 g/mol. The Kier molecular flexibility index (Phi) is 4.33. The van der Waals surface area contributed by atoms with Crippen LogP contribution in [0.2, 0.25) is 0 Å². The van der Waals surface area contributed by atoms with E-state index in [-0.39, 0.29) is 11.4 Å². The maximum Gasteiger partial charge on any atom is 0.311 e. The first-order valence-electron chi connectivity index (χ1n) is 6.59. The molecule has 0 amide bonds. The van der Waals surface area contributed by atoms with E-state index < -0.39 is 4.92 Å². The standard InChI is InChI=1S/C16H16N2O3/c1-11(2)13-4-6-14(7-5-13)17-10-12-3-8-16(19)15(9-12)18(20)21/h3-11,19H,1-2H3. The quantitative estimate of drug-likeness (QED) is 0.520.